The van der Waals surface area contributed by atoms with Crippen LogP contribution in [0.3, 0.4) is 0 Å². The fourth-order valence-corrected chi connectivity index (χ4v) is 2.70. The number of nitrogens with two attached hydrogens (primary N) is 1. The van der Waals surface area contributed by atoms with E-state index in [0.29, 0.717) is 17.5 Å². The zero-order valence-electron chi connectivity index (χ0n) is 11.2. The average molecular weight is 349 g/mol. The van der Waals surface area contributed by atoms with Crippen molar-refractivity contribution >= 4 is 32.9 Å². The molecule has 3 rings (SSSR count). The number of anilines is 1. The zero-order chi connectivity index (χ0) is 15.0. The number of nitrogens with one attached hydrogen (secondary N) is 2. The number of nitrogen functional groups attached to an aromatic ring is 1. The molecule has 21 heavy (non-hydrogen) atoms. The molecule has 7 heteroatoms. The zero-order valence-corrected chi connectivity index (χ0v) is 12.8. The van der Waals surface area contributed by atoms with E-state index >= 15 is 0 Å². The molecule has 0 aliphatic heterocycles. The van der Waals surface area contributed by atoms with E-state index < -0.39 is 0 Å². The molecule has 0 radical (unpaired) electrons. The van der Waals surface area contributed by atoms with Crippen molar-refractivity contribution in [3.05, 3.63) is 50.3 Å². The van der Waals surface area contributed by atoms with Crippen molar-refractivity contribution in [3.8, 4) is 5.75 Å². The summed E-state index contributed by atoms with van der Waals surface area (Å²) in [5, 5.41) is 0.533. The third-order valence-electron chi connectivity index (χ3n) is 3.25. The number of benzene rings is 1. The minimum absolute atomic E-state index is 0.103. The van der Waals surface area contributed by atoms with E-state index in [1.165, 1.54) is 0 Å². The Balaban J connectivity index is 2.04. The predicted octanol–water partition coefficient (Wildman–Crippen LogP) is 2.20. The van der Waals surface area contributed by atoms with Gasteiger partial charge < -0.3 is 15.5 Å². The molecule has 2 heterocycles. The summed E-state index contributed by atoms with van der Waals surface area (Å²) in [6.07, 6.45) is 2.37. The lowest BCUT2D eigenvalue weighted by Gasteiger charge is -2.06. The fourth-order valence-electron chi connectivity index (χ4n) is 2.29. The Kier molecular flexibility index (Phi) is 3.42. The molecule has 6 nitrogen and oxygen atoms in total. The highest BCUT2D eigenvalue weighted by molar-refractivity contribution is 9.10. The molecule has 0 atom stereocenters. The molecule has 0 saturated carbocycles. The minimum atomic E-state index is -0.238. The highest BCUT2D eigenvalue weighted by atomic mass is 79.9. The lowest BCUT2D eigenvalue weighted by atomic mass is 10.1. The number of nitrogens with zero attached hydrogens (tertiary/aromatic N) is 1. The maximum atomic E-state index is 12.0. The number of hydrogen-bond donors (Lipinski definition) is 3. The molecule has 0 spiro atoms. The summed E-state index contributed by atoms with van der Waals surface area (Å²) in [5.41, 5.74) is 7.69. The molecule has 108 valence electrons. The van der Waals surface area contributed by atoms with Gasteiger partial charge in [0.25, 0.3) is 5.56 Å². The van der Waals surface area contributed by atoms with Crippen LogP contribution in [0.1, 0.15) is 11.1 Å². The average Bonchev–Trinajstić information content (AvgIpc) is 2.84. The largest absolute Gasteiger partial charge is 0.496 e. The van der Waals surface area contributed by atoms with Crippen LogP contribution in [0.4, 0.5) is 5.95 Å². The summed E-state index contributed by atoms with van der Waals surface area (Å²) in [7, 11) is 1.62. The van der Waals surface area contributed by atoms with Crippen LogP contribution in [0.2, 0.25) is 0 Å². The quantitative estimate of drug-likeness (QED) is 0.675. The molecule has 1 aromatic carbocycles. The Morgan fingerprint density at radius 1 is 1.43 bits per heavy atom. The predicted molar refractivity (Wildman–Crippen MR) is 84.6 cm³/mol. The van der Waals surface area contributed by atoms with Crippen LogP contribution in [0, 0.1) is 0 Å². The maximum Gasteiger partial charge on any atom is 0.262 e. The van der Waals surface area contributed by atoms with Crippen molar-refractivity contribution in [2.75, 3.05) is 12.8 Å². The minimum Gasteiger partial charge on any atom is -0.496 e. The summed E-state index contributed by atoms with van der Waals surface area (Å²) in [6.45, 7) is 0. The van der Waals surface area contributed by atoms with Gasteiger partial charge in [-0.15, -0.1) is 0 Å². The first-order valence-corrected chi connectivity index (χ1v) is 7.06. The van der Waals surface area contributed by atoms with Crippen LogP contribution in [0.5, 0.6) is 5.75 Å². The number of hydrogen-bond acceptors (Lipinski definition) is 4. The van der Waals surface area contributed by atoms with E-state index in [1.807, 2.05) is 18.2 Å². The first-order valence-electron chi connectivity index (χ1n) is 6.26. The van der Waals surface area contributed by atoms with Gasteiger partial charge in [-0.3, -0.25) is 9.78 Å². The fraction of sp³-hybridized carbons (Fsp3) is 0.143. The smallest absolute Gasteiger partial charge is 0.262 e. The topological polar surface area (TPSA) is 96.8 Å². The molecule has 2 aromatic heterocycles. The molecular formula is C14H13BrN4O2. The van der Waals surface area contributed by atoms with Crippen LogP contribution in [-0.2, 0) is 6.42 Å². The number of H-pyrrole nitrogens is 2. The van der Waals surface area contributed by atoms with E-state index in [9.17, 15) is 4.79 Å². The van der Waals surface area contributed by atoms with Crippen molar-refractivity contribution in [3.63, 3.8) is 0 Å². The molecule has 0 aliphatic carbocycles. The van der Waals surface area contributed by atoms with Crippen molar-refractivity contribution < 1.29 is 4.74 Å². The van der Waals surface area contributed by atoms with Gasteiger partial charge in [0.05, 0.1) is 17.0 Å². The molecule has 0 bridgehead atoms. The molecule has 0 saturated heterocycles. The standard InChI is InChI=1S/C14H13BrN4O2/c1-21-10-5-7(2-3-9(10)15)4-8-6-17-12-11(8)13(20)19-14(16)18-12/h2-3,5-6H,4H2,1H3,(H4,16,17,18,19,20). The summed E-state index contributed by atoms with van der Waals surface area (Å²) >= 11 is 3.42. The van der Waals surface area contributed by atoms with Crippen LogP contribution >= 0.6 is 15.9 Å². The highest BCUT2D eigenvalue weighted by Gasteiger charge is 2.11. The number of methoxy groups -OCH3 is 1. The Hall–Kier alpha value is -2.28. The maximum absolute atomic E-state index is 12.0. The van der Waals surface area contributed by atoms with Gasteiger partial charge in [-0.25, -0.2) is 0 Å². The number of ether oxygens (including phenoxy) is 1. The van der Waals surface area contributed by atoms with Crippen molar-refractivity contribution in [1.82, 2.24) is 15.0 Å². The van der Waals surface area contributed by atoms with Crippen LogP contribution in [0.25, 0.3) is 11.0 Å². The van der Waals surface area contributed by atoms with Gasteiger partial charge in [-0.2, -0.15) is 4.98 Å². The molecule has 4 N–H and O–H groups in total. The number of aromatic nitrogens is 3. The normalized spacial score (nSPS) is 11.0. The van der Waals surface area contributed by atoms with E-state index in [0.717, 1.165) is 21.3 Å². The molecule has 0 amide bonds. The first-order chi connectivity index (χ1) is 10.1. The molecule has 0 fully saturated rings. The number of halogens is 1. The summed E-state index contributed by atoms with van der Waals surface area (Å²) in [4.78, 5) is 21.6. The number of rotatable bonds is 3. The summed E-state index contributed by atoms with van der Waals surface area (Å²) in [6, 6.07) is 5.83. The van der Waals surface area contributed by atoms with Crippen molar-refractivity contribution in [2.45, 2.75) is 6.42 Å². The monoisotopic (exact) mass is 348 g/mol. The van der Waals surface area contributed by atoms with Gasteiger partial charge in [0.15, 0.2) is 0 Å². The van der Waals surface area contributed by atoms with Gasteiger partial charge in [-0.1, -0.05) is 6.07 Å². The Labute approximate surface area is 128 Å². The third-order valence-corrected chi connectivity index (χ3v) is 3.91. The Morgan fingerprint density at radius 2 is 2.24 bits per heavy atom. The molecular weight excluding hydrogens is 336 g/mol. The second-order valence-electron chi connectivity index (χ2n) is 4.63. The van der Waals surface area contributed by atoms with Gasteiger partial charge in [0, 0.05) is 6.20 Å². The van der Waals surface area contributed by atoms with E-state index in [1.54, 1.807) is 13.3 Å². The van der Waals surface area contributed by atoms with Gasteiger partial charge in [0.2, 0.25) is 5.95 Å². The van der Waals surface area contributed by atoms with E-state index in [-0.39, 0.29) is 11.5 Å². The van der Waals surface area contributed by atoms with Crippen LogP contribution in [-0.4, -0.2) is 22.1 Å². The van der Waals surface area contributed by atoms with Gasteiger partial charge in [-0.05, 0) is 45.6 Å². The molecule has 0 aliphatic rings. The van der Waals surface area contributed by atoms with E-state index in [2.05, 4.69) is 30.9 Å². The SMILES string of the molecule is COc1cc(Cc2c[nH]c3nc(N)[nH]c(=O)c23)ccc1Br. The molecule has 0 unspecified atom stereocenters. The lowest BCUT2D eigenvalue weighted by Crippen LogP contribution is -2.11. The second kappa shape index (κ2) is 5.25. The van der Waals surface area contributed by atoms with Gasteiger partial charge >= 0.3 is 0 Å². The van der Waals surface area contributed by atoms with Crippen molar-refractivity contribution in [1.29, 1.82) is 0 Å². The Morgan fingerprint density at radius 3 is 3.00 bits per heavy atom. The second-order valence-corrected chi connectivity index (χ2v) is 5.49. The Bertz CT molecular complexity index is 869. The summed E-state index contributed by atoms with van der Waals surface area (Å²) in [5.74, 6) is 0.856. The number of fused-ring (bicyclic) bond motifs is 1. The van der Waals surface area contributed by atoms with Crippen LogP contribution < -0.4 is 16.0 Å². The van der Waals surface area contributed by atoms with Gasteiger partial charge in [0.1, 0.15) is 11.4 Å². The number of aromatic amines is 2. The highest BCUT2D eigenvalue weighted by Crippen LogP contribution is 2.27. The van der Waals surface area contributed by atoms with Crippen LogP contribution in [0.15, 0.2) is 33.7 Å². The van der Waals surface area contributed by atoms with Crippen molar-refractivity contribution in [2.24, 2.45) is 0 Å². The summed E-state index contributed by atoms with van der Waals surface area (Å²) < 4.78 is 6.17. The molecule has 3 aromatic rings. The first kappa shape index (κ1) is 13.7. The third kappa shape index (κ3) is 2.52. The van der Waals surface area contributed by atoms with E-state index in [4.69, 9.17) is 10.5 Å². The lowest BCUT2D eigenvalue weighted by molar-refractivity contribution is 0.411.